The average Bonchev–Trinajstić information content (AvgIpc) is 3.33. The van der Waals surface area contributed by atoms with E-state index < -0.39 is 24.1 Å². The number of rotatable bonds is 8. The van der Waals surface area contributed by atoms with Gasteiger partial charge in [-0.1, -0.05) is 48.5 Å². The van der Waals surface area contributed by atoms with E-state index in [1.165, 1.54) is 13.1 Å². The van der Waals surface area contributed by atoms with Crippen LogP contribution in [0.15, 0.2) is 54.6 Å². The Balaban J connectivity index is 1.25. The van der Waals surface area contributed by atoms with Gasteiger partial charge in [-0.15, -0.1) is 0 Å². The number of anilines is 1. The number of aliphatic hydroxyl groups excluding tert-OH is 1. The number of aryl methyl sites for hydroxylation is 1. The van der Waals surface area contributed by atoms with Gasteiger partial charge >= 0.3 is 12.1 Å². The largest absolute Gasteiger partial charge is 0.477 e. The summed E-state index contributed by atoms with van der Waals surface area (Å²) in [6.45, 7) is -0.0469. The molecule has 1 aliphatic rings. The third-order valence-electron chi connectivity index (χ3n) is 5.61. The highest BCUT2D eigenvalue weighted by Gasteiger charge is 2.29. The van der Waals surface area contributed by atoms with Crippen molar-refractivity contribution in [2.24, 2.45) is 7.05 Å². The highest BCUT2D eigenvalue weighted by Crippen LogP contribution is 2.44. The van der Waals surface area contributed by atoms with E-state index in [2.05, 4.69) is 15.7 Å². The molecule has 10 nitrogen and oxygen atoms in total. The van der Waals surface area contributed by atoms with Crippen molar-refractivity contribution in [3.63, 3.8) is 0 Å². The highest BCUT2D eigenvalue weighted by molar-refractivity contribution is 5.92. The summed E-state index contributed by atoms with van der Waals surface area (Å²) in [6, 6.07) is 17.2. The minimum absolute atomic E-state index is 0.0570. The summed E-state index contributed by atoms with van der Waals surface area (Å²) >= 11 is 0. The number of carbonyl (C=O) groups excluding carboxylic acids is 2. The molecule has 1 aliphatic carbocycles. The lowest BCUT2D eigenvalue weighted by Crippen LogP contribution is -2.35. The van der Waals surface area contributed by atoms with Crippen molar-refractivity contribution in [1.29, 1.82) is 0 Å². The van der Waals surface area contributed by atoms with Crippen LogP contribution in [-0.4, -0.2) is 57.2 Å². The van der Waals surface area contributed by atoms with Crippen LogP contribution in [0.5, 0.6) is 0 Å². The molecule has 0 saturated carbocycles. The molecule has 176 valence electrons. The summed E-state index contributed by atoms with van der Waals surface area (Å²) in [5.74, 6) is -1.77. The van der Waals surface area contributed by atoms with Gasteiger partial charge in [0.2, 0.25) is 5.91 Å². The molecular weight excluding hydrogens is 440 g/mol. The van der Waals surface area contributed by atoms with Gasteiger partial charge in [0.1, 0.15) is 12.3 Å². The lowest BCUT2D eigenvalue weighted by Gasteiger charge is -2.15. The average molecular weight is 464 g/mol. The van der Waals surface area contributed by atoms with Crippen molar-refractivity contribution in [2.45, 2.75) is 18.4 Å². The number of carboxylic acid groups (broad SMARTS) is 1. The Morgan fingerprint density at radius 1 is 1.09 bits per heavy atom. The summed E-state index contributed by atoms with van der Waals surface area (Å²) in [5.41, 5.74) is 4.34. The van der Waals surface area contributed by atoms with Gasteiger partial charge < -0.3 is 25.6 Å². The first kappa shape index (κ1) is 23.0. The lowest BCUT2D eigenvalue weighted by atomic mass is 9.98. The minimum atomic E-state index is -1.18. The zero-order valence-electron chi connectivity index (χ0n) is 18.4. The third-order valence-corrected chi connectivity index (χ3v) is 5.61. The number of ether oxygens (including phenoxy) is 1. The molecule has 2 amide bonds. The van der Waals surface area contributed by atoms with E-state index in [1.807, 2.05) is 48.5 Å². The maximum Gasteiger partial charge on any atom is 0.407 e. The van der Waals surface area contributed by atoms with Crippen LogP contribution in [-0.2, 0) is 16.6 Å². The first-order valence-corrected chi connectivity index (χ1v) is 10.7. The number of hydrogen-bond acceptors (Lipinski definition) is 6. The number of amides is 2. The third kappa shape index (κ3) is 4.91. The van der Waals surface area contributed by atoms with E-state index in [4.69, 9.17) is 9.84 Å². The van der Waals surface area contributed by atoms with Crippen LogP contribution in [0.4, 0.5) is 10.6 Å². The molecule has 0 spiro atoms. The number of aliphatic hydroxyl groups is 1. The van der Waals surface area contributed by atoms with Crippen LogP contribution < -0.4 is 10.6 Å². The molecule has 0 saturated heterocycles. The lowest BCUT2D eigenvalue weighted by molar-refractivity contribution is -0.118. The van der Waals surface area contributed by atoms with Crippen LogP contribution in [0.3, 0.4) is 0 Å². The summed E-state index contributed by atoms with van der Waals surface area (Å²) in [5, 5.41) is 27.9. The molecule has 1 aromatic heterocycles. The number of aromatic nitrogens is 2. The van der Waals surface area contributed by atoms with Gasteiger partial charge in [0.15, 0.2) is 5.82 Å². The van der Waals surface area contributed by atoms with Crippen molar-refractivity contribution in [3.8, 4) is 11.1 Å². The minimum Gasteiger partial charge on any atom is -0.477 e. The zero-order chi connectivity index (χ0) is 24.2. The Hall–Kier alpha value is -4.18. The standard InChI is InChI=1S/C24H24N4O6/c1-28-20(23(31)32)11-21(27-28)26-22(30)10-14(29)12-25-24(33)34-13-19-17-8-4-2-6-15(17)16-7-3-5-9-18(16)19/h2-9,11,14,19,29H,10,12-13H2,1H3,(H,25,33)(H,31,32)(H,26,27,30). The number of carbonyl (C=O) groups is 3. The monoisotopic (exact) mass is 464 g/mol. The Morgan fingerprint density at radius 2 is 1.71 bits per heavy atom. The van der Waals surface area contributed by atoms with Gasteiger partial charge in [0.05, 0.1) is 12.5 Å². The van der Waals surface area contributed by atoms with Crippen LogP contribution in [0.1, 0.15) is 34.0 Å². The van der Waals surface area contributed by atoms with Crippen molar-refractivity contribution in [1.82, 2.24) is 15.1 Å². The molecule has 1 heterocycles. The Morgan fingerprint density at radius 3 is 2.29 bits per heavy atom. The van der Waals surface area contributed by atoms with Crippen LogP contribution in [0.2, 0.25) is 0 Å². The van der Waals surface area contributed by atoms with E-state index in [-0.39, 0.29) is 37.0 Å². The zero-order valence-corrected chi connectivity index (χ0v) is 18.4. The van der Waals surface area contributed by atoms with Gasteiger partial charge in [0.25, 0.3) is 0 Å². The molecule has 4 N–H and O–H groups in total. The van der Waals surface area contributed by atoms with Gasteiger partial charge in [-0.25, -0.2) is 9.59 Å². The molecule has 2 aromatic carbocycles. The Bertz CT molecular complexity index is 1190. The number of nitrogens with zero attached hydrogens (tertiary/aromatic N) is 2. The molecule has 34 heavy (non-hydrogen) atoms. The van der Waals surface area contributed by atoms with Crippen molar-refractivity contribution in [2.75, 3.05) is 18.5 Å². The Kier molecular flexibility index (Phi) is 6.60. The number of fused-ring (bicyclic) bond motifs is 3. The fourth-order valence-electron chi connectivity index (χ4n) is 4.06. The Labute approximate surface area is 195 Å². The van der Waals surface area contributed by atoms with Crippen LogP contribution in [0.25, 0.3) is 11.1 Å². The molecule has 0 bridgehead atoms. The van der Waals surface area contributed by atoms with Crippen LogP contribution >= 0.6 is 0 Å². The second-order valence-corrected chi connectivity index (χ2v) is 7.96. The van der Waals surface area contributed by atoms with Crippen molar-refractivity contribution in [3.05, 3.63) is 71.4 Å². The smallest absolute Gasteiger partial charge is 0.407 e. The van der Waals surface area contributed by atoms with E-state index in [1.54, 1.807) is 0 Å². The maximum absolute atomic E-state index is 12.2. The fraction of sp³-hybridized carbons (Fsp3) is 0.250. The quantitative estimate of drug-likeness (QED) is 0.401. The maximum atomic E-state index is 12.2. The molecule has 1 unspecified atom stereocenters. The van der Waals surface area contributed by atoms with E-state index in [0.717, 1.165) is 26.9 Å². The van der Waals surface area contributed by atoms with Gasteiger partial charge in [0, 0.05) is 25.6 Å². The van der Waals surface area contributed by atoms with E-state index >= 15 is 0 Å². The topological polar surface area (TPSA) is 143 Å². The molecule has 3 aromatic rings. The first-order chi connectivity index (χ1) is 16.3. The first-order valence-electron chi connectivity index (χ1n) is 10.7. The molecule has 0 fully saturated rings. The van der Waals surface area contributed by atoms with Crippen molar-refractivity contribution >= 4 is 23.8 Å². The fourth-order valence-corrected chi connectivity index (χ4v) is 4.06. The van der Waals surface area contributed by atoms with E-state index in [9.17, 15) is 19.5 Å². The second kappa shape index (κ2) is 9.75. The molecule has 0 aliphatic heterocycles. The summed E-state index contributed by atoms with van der Waals surface area (Å²) in [4.78, 5) is 35.3. The van der Waals surface area contributed by atoms with Crippen LogP contribution in [0, 0.1) is 0 Å². The number of hydrogen-bond donors (Lipinski definition) is 4. The number of nitrogens with one attached hydrogen (secondary N) is 2. The van der Waals surface area contributed by atoms with Gasteiger partial charge in [-0.05, 0) is 22.3 Å². The summed E-state index contributed by atoms with van der Waals surface area (Å²) in [6.07, 6.45) is -2.18. The summed E-state index contributed by atoms with van der Waals surface area (Å²) < 4.78 is 6.52. The van der Waals surface area contributed by atoms with Gasteiger partial charge in [-0.2, -0.15) is 5.10 Å². The predicted molar refractivity (Wildman–Crippen MR) is 122 cm³/mol. The normalized spacial score (nSPS) is 13.0. The molecule has 1 atom stereocenters. The molecule has 4 rings (SSSR count). The number of benzene rings is 2. The SMILES string of the molecule is Cn1nc(NC(=O)CC(O)CNC(=O)OCC2c3ccccc3-c3ccccc32)cc1C(=O)O. The highest BCUT2D eigenvalue weighted by atomic mass is 16.5. The molecule has 10 heteroatoms. The van der Waals surface area contributed by atoms with Crippen molar-refractivity contribution < 1.29 is 29.3 Å². The summed E-state index contributed by atoms with van der Waals surface area (Å²) in [7, 11) is 1.44. The van der Waals surface area contributed by atoms with E-state index in [0.29, 0.717) is 0 Å². The molecule has 0 radical (unpaired) electrons. The number of carboxylic acids is 1. The molecular formula is C24H24N4O6. The predicted octanol–water partition coefficient (Wildman–Crippen LogP) is 2.35. The second-order valence-electron chi connectivity index (χ2n) is 7.96. The van der Waals surface area contributed by atoms with Gasteiger partial charge in [-0.3, -0.25) is 9.48 Å². The number of alkyl carbamates (subject to hydrolysis) is 1. The number of aromatic carboxylic acids is 1.